The third-order valence-corrected chi connectivity index (χ3v) is 5.14. The lowest BCUT2D eigenvalue weighted by Crippen LogP contribution is -2.52. The molecule has 1 amide bonds. The summed E-state index contributed by atoms with van der Waals surface area (Å²) >= 11 is 5.82. The molecule has 26 heavy (non-hydrogen) atoms. The highest BCUT2D eigenvalue weighted by atomic mass is 35.5. The van der Waals surface area contributed by atoms with E-state index in [1.807, 2.05) is 5.32 Å². The van der Waals surface area contributed by atoms with Gasteiger partial charge < -0.3 is 15.5 Å². The summed E-state index contributed by atoms with van der Waals surface area (Å²) < 4.78 is 64.3. The van der Waals surface area contributed by atoms with Crippen LogP contribution in [0, 0.1) is 0 Å². The monoisotopic (exact) mass is 418 g/mol. The Bertz CT molecular complexity index is 753. The molecule has 1 atom stereocenters. The van der Waals surface area contributed by atoms with Gasteiger partial charge in [-0.2, -0.15) is 13.2 Å². The number of aliphatic hydroxyl groups excluding tert-OH is 1. The zero-order valence-corrected chi connectivity index (χ0v) is 15.2. The van der Waals surface area contributed by atoms with E-state index in [1.165, 1.54) is 0 Å². The lowest BCUT2D eigenvalue weighted by atomic mass is 10.1. The predicted molar refractivity (Wildman–Crippen MR) is 88.3 cm³/mol. The predicted octanol–water partition coefficient (Wildman–Crippen LogP) is 1.64. The molecule has 0 unspecified atom stereocenters. The van der Waals surface area contributed by atoms with E-state index in [9.17, 15) is 31.5 Å². The number of carbonyl (C=O) groups is 1. The third-order valence-electron chi connectivity index (χ3n) is 3.37. The summed E-state index contributed by atoms with van der Waals surface area (Å²) in [4.78, 5) is 11.4. The van der Waals surface area contributed by atoms with Gasteiger partial charge in [0.2, 0.25) is 15.6 Å². The summed E-state index contributed by atoms with van der Waals surface area (Å²) in [5.74, 6) is -1.76. The molecule has 1 aromatic carbocycles. The van der Waals surface area contributed by atoms with Crippen molar-refractivity contribution >= 4 is 33.2 Å². The van der Waals surface area contributed by atoms with E-state index in [0.29, 0.717) is 12.8 Å². The molecule has 0 spiro atoms. The second-order valence-corrected chi connectivity index (χ2v) is 7.67. The first-order chi connectivity index (χ1) is 11.8. The SMILES string of the molecule is C[C@@](O)(C(=O)Nc1ccc(S(=O)(=O)NCCCCO)cc1Cl)C(F)(F)F. The zero-order valence-electron chi connectivity index (χ0n) is 13.6. The summed E-state index contributed by atoms with van der Waals surface area (Å²) in [7, 11) is -3.92. The van der Waals surface area contributed by atoms with Crippen LogP contribution in [-0.4, -0.2) is 49.5 Å². The first-order valence-electron chi connectivity index (χ1n) is 7.33. The number of hydrogen-bond donors (Lipinski definition) is 4. The topological polar surface area (TPSA) is 116 Å². The summed E-state index contributed by atoms with van der Waals surface area (Å²) in [6.07, 6.45) is -4.39. The van der Waals surface area contributed by atoms with Gasteiger partial charge in [0.15, 0.2) is 0 Å². The van der Waals surface area contributed by atoms with E-state index in [0.717, 1.165) is 18.2 Å². The van der Waals surface area contributed by atoms with Gasteiger partial charge in [-0.3, -0.25) is 4.79 Å². The molecule has 0 radical (unpaired) electrons. The highest BCUT2D eigenvalue weighted by Crippen LogP contribution is 2.32. The smallest absolute Gasteiger partial charge is 0.396 e. The molecule has 148 valence electrons. The number of aliphatic hydroxyl groups is 2. The van der Waals surface area contributed by atoms with Crippen molar-refractivity contribution in [3.63, 3.8) is 0 Å². The number of benzene rings is 1. The van der Waals surface area contributed by atoms with Crippen molar-refractivity contribution in [2.75, 3.05) is 18.5 Å². The number of halogens is 4. The maximum absolute atomic E-state index is 12.6. The van der Waals surface area contributed by atoms with Crippen LogP contribution in [0.2, 0.25) is 5.02 Å². The molecule has 0 heterocycles. The van der Waals surface area contributed by atoms with E-state index in [-0.39, 0.29) is 35.7 Å². The van der Waals surface area contributed by atoms with Gasteiger partial charge in [-0.05, 0) is 38.0 Å². The minimum atomic E-state index is -5.20. The second kappa shape index (κ2) is 8.53. The fraction of sp³-hybridized carbons (Fsp3) is 0.500. The molecule has 0 aliphatic carbocycles. The molecule has 1 rings (SSSR count). The van der Waals surface area contributed by atoms with E-state index in [1.54, 1.807) is 0 Å². The fourth-order valence-electron chi connectivity index (χ4n) is 1.66. The number of rotatable bonds is 8. The van der Waals surface area contributed by atoms with Gasteiger partial charge >= 0.3 is 6.18 Å². The quantitative estimate of drug-likeness (QED) is 0.479. The Kier molecular flexibility index (Phi) is 7.42. The average molecular weight is 419 g/mol. The molecule has 0 aliphatic heterocycles. The van der Waals surface area contributed by atoms with Crippen LogP contribution in [0.4, 0.5) is 18.9 Å². The first-order valence-corrected chi connectivity index (χ1v) is 9.19. The molecule has 0 bridgehead atoms. The highest BCUT2D eigenvalue weighted by molar-refractivity contribution is 7.89. The van der Waals surface area contributed by atoms with Crippen molar-refractivity contribution in [3.8, 4) is 0 Å². The van der Waals surface area contributed by atoms with Crippen molar-refractivity contribution in [1.29, 1.82) is 0 Å². The lowest BCUT2D eigenvalue weighted by molar-refractivity contribution is -0.242. The van der Waals surface area contributed by atoms with Crippen molar-refractivity contribution in [1.82, 2.24) is 4.72 Å². The average Bonchev–Trinajstić information content (AvgIpc) is 2.52. The van der Waals surface area contributed by atoms with Crippen LogP contribution in [-0.2, 0) is 14.8 Å². The molecule has 0 aliphatic rings. The molecule has 7 nitrogen and oxygen atoms in total. The summed E-state index contributed by atoms with van der Waals surface area (Å²) in [5, 5.41) is 19.4. The minimum Gasteiger partial charge on any atom is -0.396 e. The lowest BCUT2D eigenvalue weighted by Gasteiger charge is -2.25. The van der Waals surface area contributed by atoms with Crippen molar-refractivity contribution in [2.45, 2.75) is 36.4 Å². The maximum atomic E-state index is 12.6. The molecule has 4 N–H and O–H groups in total. The Balaban J connectivity index is 2.93. The summed E-state index contributed by atoms with van der Waals surface area (Å²) in [6.45, 7) is 0.280. The Hall–Kier alpha value is -1.40. The van der Waals surface area contributed by atoms with E-state index in [2.05, 4.69) is 4.72 Å². The van der Waals surface area contributed by atoms with Crippen molar-refractivity contribution < 1.29 is 36.6 Å². The molecule has 12 heteroatoms. The van der Waals surface area contributed by atoms with E-state index >= 15 is 0 Å². The van der Waals surface area contributed by atoms with Crippen LogP contribution in [0.3, 0.4) is 0 Å². The Morgan fingerprint density at radius 2 is 1.88 bits per heavy atom. The summed E-state index contributed by atoms with van der Waals surface area (Å²) in [5.41, 5.74) is -3.93. The number of sulfonamides is 1. The van der Waals surface area contributed by atoms with Crippen LogP contribution >= 0.6 is 11.6 Å². The minimum absolute atomic E-state index is 0.0768. The molecule has 1 aromatic rings. The van der Waals surface area contributed by atoms with Gasteiger partial charge in [0.25, 0.3) is 5.91 Å². The van der Waals surface area contributed by atoms with Crippen LogP contribution in [0.25, 0.3) is 0 Å². The van der Waals surface area contributed by atoms with Gasteiger partial charge in [-0.1, -0.05) is 11.6 Å². The molecule has 0 saturated carbocycles. The molecule has 0 aromatic heterocycles. The zero-order chi connectivity index (χ0) is 20.2. The van der Waals surface area contributed by atoms with Gasteiger partial charge in [-0.25, -0.2) is 13.1 Å². The number of amides is 1. The van der Waals surface area contributed by atoms with Crippen LogP contribution in [0.5, 0.6) is 0 Å². The summed E-state index contributed by atoms with van der Waals surface area (Å²) in [6, 6.07) is 3.00. The van der Waals surface area contributed by atoms with E-state index in [4.69, 9.17) is 16.7 Å². The number of alkyl halides is 3. The van der Waals surface area contributed by atoms with Crippen molar-refractivity contribution in [2.24, 2.45) is 0 Å². The Labute approximate surface area is 153 Å². The second-order valence-electron chi connectivity index (χ2n) is 5.49. The van der Waals surface area contributed by atoms with Crippen LogP contribution < -0.4 is 10.0 Å². The molecular formula is C14H18ClF3N2O5S. The number of unbranched alkanes of at least 4 members (excludes halogenated alkanes) is 1. The van der Waals surface area contributed by atoms with E-state index < -0.39 is 27.7 Å². The molecule has 0 saturated heterocycles. The fourth-order valence-corrected chi connectivity index (χ4v) is 3.06. The number of nitrogens with one attached hydrogen (secondary N) is 2. The molecule has 0 fully saturated rings. The number of anilines is 1. The Morgan fingerprint density at radius 1 is 1.27 bits per heavy atom. The van der Waals surface area contributed by atoms with Gasteiger partial charge in [0.05, 0.1) is 15.6 Å². The van der Waals surface area contributed by atoms with Gasteiger partial charge in [0, 0.05) is 13.2 Å². The normalized spacial score (nSPS) is 14.7. The van der Waals surface area contributed by atoms with Gasteiger partial charge in [-0.15, -0.1) is 0 Å². The van der Waals surface area contributed by atoms with Crippen LogP contribution in [0.15, 0.2) is 23.1 Å². The number of carbonyl (C=O) groups excluding carboxylic acids is 1. The standard InChI is InChI=1S/C14H18ClF3N2O5S/c1-13(23,14(16,17)18)12(22)20-11-5-4-9(8-10(11)15)26(24,25)19-6-2-3-7-21/h4-5,8,19,21,23H,2-3,6-7H2,1H3,(H,20,22)/t13-/m1/s1. The van der Waals surface area contributed by atoms with Crippen molar-refractivity contribution in [3.05, 3.63) is 23.2 Å². The maximum Gasteiger partial charge on any atom is 0.426 e. The molecular weight excluding hydrogens is 401 g/mol. The highest BCUT2D eigenvalue weighted by Gasteiger charge is 2.55. The largest absolute Gasteiger partial charge is 0.426 e. The first kappa shape index (κ1) is 22.6. The Morgan fingerprint density at radius 3 is 2.38 bits per heavy atom. The number of hydrogen-bond acceptors (Lipinski definition) is 5. The third kappa shape index (κ3) is 5.55. The van der Waals surface area contributed by atoms with Gasteiger partial charge in [0.1, 0.15) is 0 Å². The van der Waals surface area contributed by atoms with Crippen LogP contribution in [0.1, 0.15) is 19.8 Å².